The smallest absolute Gasteiger partial charge is 0.358 e. The lowest BCUT2D eigenvalue weighted by Crippen LogP contribution is -2.26. The summed E-state index contributed by atoms with van der Waals surface area (Å²) in [5.74, 6) is -2.55. The van der Waals surface area contributed by atoms with Gasteiger partial charge in [-0.15, -0.1) is 5.10 Å². The molecule has 0 aliphatic heterocycles. The molecule has 1 aromatic heterocycles. The fraction of sp³-hybridized carbons (Fsp3) is 0.333. The van der Waals surface area contributed by atoms with E-state index in [2.05, 4.69) is 15.6 Å². The third-order valence-corrected chi connectivity index (χ3v) is 4.92. The van der Waals surface area contributed by atoms with Gasteiger partial charge >= 0.3 is 5.97 Å². The Morgan fingerprint density at radius 1 is 1.32 bits per heavy atom. The molecule has 0 bridgehead atoms. The molecule has 2 aromatic rings. The van der Waals surface area contributed by atoms with Crippen molar-refractivity contribution in [3.05, 3.63) is 36.2 Å². The van der Waals surface area contributed by atoms with Gasteiger partial charge in [0.15, 0.2) is 15.5 Å². The lowest BCUT2D eigenvalue weighted by molar-refractivity contribution is -0.113. The quantitative estimate of drug-likeness (QED) is 0.746. The molecular weight excluding hydrogens is 348 g/mol. The number of sulfone groups is 1. The van der Waals surface area contributed by atoms with Gasteiger partial charge in [-0.3, -0.25) is 4.79 Å². The van der Waals surface area contributed by atoms with Crippen molar-refractivity contribution in [2.24, 2.45) is 5.92 Å². The van der Waals surface area contributed by atoms with Gasteiger partial charge in [-0.1, -0.05) is 25.1 Å². The highest BCUT2D eigenvalue weighted by Crippen LogP contribution is 2.14. The fourth-order valence-electron chi connectivity index (χ4n) is 2.18. The molecule has 0 atom stereocenters. The van der Waals surface area contributed by atoms with Gasteiger partial charge in [-0.05, 0) is 24.1 Å². The molecule has 0 unspecified atom stereocenters. The molecule has 25 heavy (non-hydrogen) atoms. The molecule has 134 valence electrons. The van der Waals surface area contributed by atoms with Crippen LogP contribution >= 0.6 is 0 Å². The third kappa shape index (κ3) is 5.38. The largest absolute Gasteiger partial charge is 0.476 e. The van der Waals surface area contributed by atoms with Gasteiger partial charge in [-0.25, -0.2) is 17.9 Å². The van der Waals surface area contributed by atoms with E-state index in [1.54, 1.807) is 32.0 Å². The van der Waals surface area contributed by atoms with Gasteiger partial charge in [0.05, 0.1) is 17.6 Å². The minimum atomic E-state index is -3.47. The van der Waals surface area contributed by atoms with Crippen LogP contribution in [0.4, 0.5) is 5.69 Å². The zero-order chi connectivity index (χ0) is 18.6. The van der Waals surface area contributed by atoms with Crippen molar-refractivity contribution in [3.8, 4) is 5.69 Å². The van der Waals surface area contributed by atoms with E-state index in [0.717, 1.165) is 0 Å². The molecule has 0 radical (unpaired) electrons. The molecule has 0 spiro atoms. The molecule has 0 saturated heterocycles. The predicted molar refractivity (Wildman–Crippen MR) is 90.4 cm³/mol. The summed E-state index contributed by atoms with van der Waals surface area (Å²) in [4.78, 5) is 22.8. The van der Waals surface area contributed by atoms with Crippen LogP contribution in [0.2, 0.25) is 0 Å². The van der Waals surface area contributed by atoms with Crippen molar-refractivity contribution in [2.75, 3.05) is 16.8 Å². The molecule has 0 fully saturated rings. The molecule has 1 heterocycles. The third-order valence-electron chi connectivity index (χ3n) is 3.05. The SMILES string of the molecule is CC(C)CS(=O)(=O)CC(=O)Nc1cccc(-n2cc(C(=O)O)nn2)c1. The summed E-state index contributed by atoms with van der Waals surface area (Å²) >= 11 is 0. The number of rotatable bonds is 7. The molecule has 2 N–H and O–H groups in total. The van der Waals surface area contributed by atoms with E-state index in [-0.39, 0.29) is 17.4 Å². The Hall–Kier alpha value is -2.75. The van der Waals surface area contributed by atoms with Crippen LogP contribution in [0.5, 0.6) is 0 Å². The van der Waals surface area contributed by atoms with Crippen LogP contribution in [0.25, 0.3) is 5.69 Å². The number of benzene rings is 1. The van der Waals surface area contributed by atoms with Crippen molar-refractivity contribution in [1.82, 2.24) is 15.0 Å². The molecule has 9 nitrogen and oxygen atoms in total. The first-order valence-electron chi connectivity index (χ1n) is 7.42. The van der Waals surface area contributed by atoms with Crippen LogP contribution in [0.1, 0.15) is 24.3 Å². The highest BCUT2D eigenvalue weighted by Gasteiger charge is 2.18. The zero-order valence-corrected chi connectivity index (χ0v) is 14.5. The van der Waals surface area contributed by atoms with Crippen molar-refractivity contribution >= 4 is 27.4 Å². The maximum absolute atomic E-state index is 11.9. The molecule has 1 aromatic carbocycles. The summed E-state index contributed by atoms with van der Waals surface area (Å²) in [6, 6.07) is 6.39. The number of hydrogen-bond donors (Lipinski definition) is 2. The summed E-state index contributed by atoms with van der Waals surface area (Å²) in [6.07, 6.45) is 1.23. The monoisotopic (exact) mass is 366 g/mol. The minimum absolute atomic E-state index is 0.0582. The van der Waals surface area contributed by atoms with E-state index in [1.165, 1.54) is 16.9 Å². The van der Waals surface area contributed by atoms with E-state index in [9.17, 15) is 18.0 Å². The Labute approximate surface area is 144 Å². The lowest BCUT2D eigenvalue weighted by Gasteiger charge is -2.09. The van der Waals surface area contributed by atoms with E-state index in [1.807, 2.05) is 0 Å². The second-order valence-electron chi connectivity index (χ2n) is 5.90. The average Bonchev–Trinajstić information content (AvgIpc) is 2.95. The van der Waals surface area contributed by atoms with Gasteiger partial charge in [0.25, 0.3) is 0 Å². The summed E-state index contributed by atoms with van der Waals surface area (Å²) in [5.41, 5.74) is 0.631. The van der Waals surface area contributed by atoms with Crippen molar-refractivity contribution in [3.63, 3.8) is 0 Å². The Morgan fingerprint density at radius 3 is 2.64 bits per heavy atom. The second-order valence-corrected chi connectivity index (χ2v) is 8.01. The first kappa shape index (κ1) is 18.6. The molecule has 2 rings (SSSR count). The molecule has 0 aliphatic rings. The number of hydrogen-bond acceptors (Lipinski definition) is 6. The normalized spacial score (nSPS) is 11.5. The number of carboxylic acid groups (broad SMARTS) is 1. The highest BCUT2D eigenvalue weighted by atomic mass is 32.2. The topological polar surface area (TPSA) is 131 Å². The van der Waals surface area contributed by atoms with E-state index < -0.39 is 27.5 Å². The number of carbonyl (C=O) groups is 2. The number of aromatic carboxylic acids is 1. The van der Waals surface area contributed by atoms with Crippen LogP contribution in [-0.4, -0.2) is 51.9 Å². The van der Waals surface area contributed by atoms with E-state index in [4.69, 9.17) is 5.11 Å². The lowest BCUT2D eigenvalue weighted by atomic mass is 10.2. The van der Waals surface area contributed by atoms with Crippen molar-refractivity contribution in [2.45, 2.75) is 13.8 Å². The first-order valence-corrected chi connectivity index (χ1v) is 9.25. The summed E-state index contributed by atoms with van der Waals surface area (Å²) in [6.45, 7) is 3.53. The van der Waals surface area contributed by atoms with Gasteiger partial charge in [0, 0.05) is 5.69 Å². The number of nitrogens with zero attached hydrogens (tertiary/aromatic N) is 3. The number of anilines is 1. The van der Waals surface area contributed by atoms with Crippen LogP contribution < -0.4 is 5.32 Å². The number of amides is 1. The highest BCUT2D eigenvalue weighted by molar-refractivity contribution is 7.92. The number of nitrogens with one attached hydrogen (secondary N) is 1. The first-order chi connectivity index (χ1) is 11.7. The standard InChI is InChI=1S/C15H18N4O5S/c1-10(2)8-25(23,24)9-14(20)16-11-4-3-5-12(6-11)19-7-13(15(21)22)17-18-19/h3-7,10H,8-9H2,1-2H3,(H,16,20)(H,21,22). The molecular formula is C15H18N4O5S. The van der Waals surface area contributed by atoms with Crippen LogP contribution in [0.15, 0.2) is 30.5 Å². The predicted octanol–water partition coefficient (Wildman–Crippen LogP) is 0.975. The summed E-state index contributed by atoms with van der Waals surface area (Å²) in [5, 5.41) is 18.6. The molecule has 0 aliphatic carbocycles. The maximum atomic E-state index is 11.9. The second kappa shape index (κ2) is 7.43. The van der Waals surface area contributed by atoms with Crippen LogP contribution in [0, 0.1) is 5.92 Å². The number of carboxylic acids is 1. The van der Waals surface area contributed by atoms with Crippen LogP contribution in [0.3, 0.4) is 0 Å². The zero-order valence-electron chi connectivity index (χ0n) is 13.7. The summed E-state index contributed by atoms with van der Waals surface area (Å²) in [7, 11) is -3.47. The minimum Gasteiger partial charge on any atom is -0.476 e. The van der Waals surface area contributed by atoms with Crippen molar-refractivity contribution < 1.29 is 23.1 Å². The molecule has 1 amide bonds. The maximum Gasteiger partial charge on any atom is 0.358 e. The molecule has 10 heteroatoms. The Morgan fingerprint density at radius 2 is 2.04 bits per heavy atom. The molecule has 0 saturated carbocycles. The van der Waals surface area contributed by atoms with Gasteiger partial charge in [-0.2, -0.15) is 0 Å². The Balaban J connectivity index is 2.11. The van der Waals surface area contributed by atoms with Gasteiger partial charge < -0.3 is 10.4 Å². The van der Waals surface area contributed by atoms with Crippen molar-refractivity contribution in [1.29, 1.82) is 0 Å². The van der Waals surface area contributed by atoms with Crippen LogP contribution in [-0.2, 0) is 14.6 Å². The Kier molecular flexibility index (Phi) is 5.52. The van der Waals surface area contributed by atoms with Gasteiger partial charge in [0.2, 0.25) is 5.91 Å². The number of aromatic nitrogens is 3. The van der Waals surface area contributed by atoms with E-state index >= 15 is 0 Å². The van der Waals surface area contributed by atoms with Gasteiger partial charge in [0.1, 0.15) is 5.75 Å². The van der Waals surface area contributed by atoms with E-state index in [0.29, 0.717) is 11.4 Å². The average molecular weight is 366 g/mol. The fourth-order valence-corrected chi connectivity index (χ4v) is 3.78. The summed E-state index contributed by atoms with van der Waals surface area (Å²) < 4.78 is 25.0. The Bertz CT molecular complexity index is 889. The number of carbonyl (C=O) groups excluding carboxylic acids is 1.